The maximum atomic E-state index is 14.2. The van der Waals surface area contributed by atoms with Gasteiger partial charge in [-0.1, -0.05) is 42.5 Å². The minimum absolute atomic E-state index is 0.167. The van der Waals surface area contributed by atoms with Gasteiger partial charge in [-0.3, -0.25) is 14.3 Å². The Bertz CT molecular complexity index is 2700. The number of terminal acetylenes is 1. The lowest BCUT2D eigenvalue weighted by Gasteiger charge is -2.18. The number of carbonyl (C=O) groups is 3. The number of anilines is 1. The number of Topliss-reactive ketones (excluding diaryl/α,β-unsaturated/α-hetero) is 1. The van der Waals surface area contributed by atoms with Gasteiger partial charge in [0.15, 0.2) is 23.3 Å². The van der Waals surface area contributed by atoms with Gasteiger partial charge in [0.2, 0.25) is 0 Å². The first-order chi connectivity index (χ1) is 26.2. The van der Waals surface area contributed by atoms with E-state index in [-0.39, 0.29) is 22.7 Å². The van der Waals surface area contributed by atoms with Crippen molar-refractivity contribution in [3.05, 3.63) is 101 Å². The van der Waals surface area contributed by atoms with E-state index in [0.29, 0.717) is 17.8 Å². The lowest BCUT2D eigenvalue weighted by Crippen LogP contribution is -2.33. The average molecular weight is 703 g/mol. The Balaban J connectivity index is 1.52. The average Bonchev–Trinajstić information content (AvgIpc) is 3.68. The van der Waals surface area contributed by atoms with Crippen LogP contribution in [0.5, 0.6) is 5.75 Å². The number of hydrogen-bond acceptors (Lipinski definition) is 5. The highest BCUT2D eigenvalue weighted by Gasteiger charge is 2.34. The van der Waals surface area contributed by atoms with Crippen LogP contribution in [-0.4, -0.2) is 37.1 Å². The van der Waals surface area contributed by atoms with Gasteiger partial charge < -0.3 is 19.7 Å². The highest BCUT2D eigenvalue weighted by molar-refractivity contribution is 6.16. The first-order valence-corrected chi connectivity index (χ1v) is 15.8. The number of benzene rings is 2. The Morgan fingerprint density at radius 1 is 0.796 bits per heavy atom. The molecule has 2 aromatic carbocycles. The van der Waals surface area contributed by atoms with Crippen LogP contribution in [-0.2, 0) is 11.3 Å². The standard InChI is InChI=1S/C45H26N4O5/c1-5-6-7-8-9-10-11-12-13-14-15-16-17-18-19-25-30-54-40-29-24-23-28-39(40)46-44(51)42(49-32-34(2)41(47-49)45(52)53)43(50)38-31-35(3)48(36(38)4)33-37-26-21-20-22-27-37/h1,20-24,26-29,31-32,42H,33H2,2-4H3,(H,46,51)(H,52,53). The van der Waals surface area contributed by atoms with Crippen molar-refractivity contribution in [1.29, 1.82) is 0 Å². The molecule has 1 atom stereocenters. The topological polar surface area (TPSA) is 115 Å². The van der Waals surface area contributed by atoms with Crippen molar-refractivity contribution in [3.63, 3.8) is 0 Å². The minimum Gasteiger partial charge on any atom is -0.476 e. The smallest absolute Gasteiger partial charge is 0.356 e. The van der Waals surface area contributed by atoms with Crippen LogP contribution < -0.4 is 10.1 Å². The Labute approximate surface area is 313 Å². The first kappa shape index (κ1) is 38.2. The molecular formula is C45H26N4O5. The number of aromatic nitrogens is 3. The van der Waals surface area contributed by atoms with E-state index in [4.69, 9.17) is 11.2 Å². The van der Waals surface area contributed by atoms with E-state index in [1.165, 1.54) is 13.1 Å². The second kappa shape index (κ2) is 19.5. The molecule has 0 radical (unpaired) electrons. The summed E-state index contributed by atoms with van der Waals surface area (Å²) in [6, 6.07) is 16.3. The van der Waals surface area contributed by atoms with Crippen molar-refractivity contribution >= 4 is 23.3 Å². The largest absolute Gasteiger partial charge is 0.476 e. The number of para-hydroxylation sites is 2. The Morgan fingerprint density at radius 3 is 1.93 bits per heavy atom. The summed E-state index contributed by atoms with van der Waals surface area (Å²) in [6.45, 7) is 5.72. The summed E-state index contributed by atoms with van der Waals surface area (Å²) in [5, 5.41) is 16.5. The Kier molecular flexibility index (Phi) is 13.8. The number of carboxylic acid groups (broad SMARTS) is 1. The first-order valence-electron chi connectivity index (χ1n) is 15.8. The number of carboxylic acids is 1. The predicted molar refractivity (Wildman–Crippen MR) is 203 cm³/mol. The number of nitrogens with one attached hydrogen (secondary N) is 1. The molecule has 4 rings (SSSR count). The summed E-state index contributed by atoms with van der Waals surface area (Å²) >= 11 is 0. The molecule has 0 saturated heterocycles. The highest BCUT2D eigenvalue weighted by atomic mass is 16.5. The molecule has 1 unspecified atom stereocenters. The van der Waals surface area contributed by atoms with Crippen LogP contribution in [0.2, 0.25) is 0 Å². The number of ketones is 1. The molecule has 0 spiro atoms. The summed E-state index contributed by atoms with van der Waals surface area (Å²) in [4.78, 5) is 40.1. The summed E-state index contributed by atoms with van der Waals surface area (Å²) < 4.78 is 8.59. The Hall–Kier alpha value is -8.62. The van der Waals surface area contributed by atoms with E-state index < -0.39 is 23.7 Å². The molecule has 0 fully saturated rings. The van der Waals surface area contributed by atoms with Crippen LogP contribution in [0.3, 0.4) is 0 Å². The van der Waals surface area contributed by atoms with Crippen LogP contribution >= 0.6 is 0 Å². The molecule has 0 aliphatic heterocycles. The van der Waals surface area contributed by atoms with E-state index in [2.05, 4.69) is 111 Å². The third-order valence-electron chi connectivity index (χ3n) is 7.21. The number of amides is 1. The summed E-state index contributed by atoms with van der Waals surface area (Å²) in [6.07, 6.45) is 8.76. The quantitative estimate of drug-likeness (QED) is 0.152. The molecule has 2 N–H and O–H groups in total. The molecule has 2 aromatic heterocycles. The second-order valence-corrected chi connectivity index (χ2v) is 10.8. The molecule has 0 aliphatic rings. The fraction of sp³-hybridized carbons (Fsp3) is 0.111. The van der Waals surface area contributed by atoms with Crippen LogP contribution in [0, 0.1) is 128 Å². The van der Waals surface area contributed by atoms with E-state index in [9.17, 15) is 19.5 Å². The summed E-state index contributed by atoms with van der Waals surface area (Å²) in [5.74, 6) is 36.7. The zero-order chi connectivity index (χ0) is 38.7. The number of aromatic carboxylic acids is 1. The van der Waals surface area contributed by atoms with Crippen LogP contribution in [0.1, 0.15) is 49.4 Å². The van der Waals surface area contributed by atoms with Gasteiger partial charge in [-0.2, -0.15) is 5.10 Å². The van der Waals surface area contributed by atoms with E-state index in [1.807, 2.05) is 41.8 Å². The van der Waals surface area contributed by atoms with Crippen molar-refractivity contribution in [3.8, 4) is 113 Å². The molecule has 2 heterocycles. The van der Waals surface area contributed by atoms with Gasteiger partial charge in [-0.15, -0.1) is 6.42 Å². The maximum Gasteiger partial charge on any atom is 0.356 e. The molecule has 256 valence electrons. The summed E-state index contributed by atoms with van der Waals surface area (Å²) in [7, 11) is 0. The van der Waals surface area contributed by atoms with Crippen LogP contribution in [0.25, 0.3) is 0 Å². The van der Waals surface area contributed by atoms with Crippen molar-refractivity contribution in [1.82, 2.24) is 14.3 Å². The van der Waals surface area contributed by atoms with Gasteiger partial charge in [0, 0.05) is 82.6 Å². The number of rotatable bonds is 9. The van der Waals surface area contributed by atoms with Gasteiger partial charge in [0.25, 0.3) is 5.91 Å². The molecule has 0 bridgehead atoms. The monoisotopic (exact) mass is 702 g/mol. The molecule has 1 amide bonds. The van der Waals surface area contributed by atoms with E-state index >= 15 is 0 Å². The molecule has 9 nitrogen and oxygen atoms in total. The third kappa shape index (κ3) is 10.7. The summed E-state index contributed by atoms with van der Waals surface area (Å²) in [5.41, 5.74) is 2.98. The molecule has 0 aliphatic carbocycles. The Morgan fingerprint density at radius 2 is 1.35 bits per heavy atom. The van der Waals surface area contributed by atoms with Gasteiger partial charge in [-0.05, 0) is 91.9 Å². The zero-order valence-electron chi connectivity index (χ0n) is 29.1. The fourth-order valence-electron chi connectivity index (χ4n) is 4.80. The van der Waals surface area contributed by atoms with Crippen LogP contribution in [0.15, 0.2) is 66.9 Å². The van der Waals surface area contributed by atoms with Crippen molar-refractivity contribution in [2.75, 3.05) is 5.32 Å². The number of ether oxygens (including phenoxy) is 1. The number of nitrogens with zero attached hydrogens (tertiary/aromatic N) is 3. The highest BCUT2D eigenvalue weighted by Crippen LogP contribution is 2.28. The lowest BCUT2D eigenvalue weighted by atomic mass is 10.0. The van der Waals surface area contributed by atoms with Gasteiger partial charge in [0.05, 0.1) is 5.69 Å². The molecular weight excluding hydrogens is 677 g/mol. The normalized spacial score (nSPS) is 9.22. The van der Waals surface area contributed by atoms with Gasteiger partial charge >= 0.3 is 5.97 Å². The number of aryl methyl sites for hydroxylation is 2. The zero-order valence-corrected chi connectivity index (χ0v) is 29.1. The predicted octanol–water partition coefficient (Wildman–Crippen LogP) is 4.42. The van der Waals surface area contributed by atoms with Gasteiger partial charge in [-0.25, -0.2) is 4.79 Å². The van der Waals surface area contributed by atoms with Crippen molar-refractivity contribution in [2.24, 2.45) is 0 Å². The van der Waals surface area contributed by atoms with Gasteiger partial charge in [0.1, 0.15) is 6.11 Å². The third-order valence-corrected chi connectivity index (χ3v) is 7.21. The SMILES string of the molecule is C#CC#CC#CC#CC#CC#CC#CC#CC#COc1ccccc1NC(=O)C(C(=O)c1cc(C)n(Cc2ccccc2)c1C)n1cc(C)c(C(=O)O)n1. The second-order valence-electron chi connectivity index (χ2n) is 10.8. The van der Waals surface area contributed by atoms with Crippen molar-refractivity contribution in [2.45, 2.75) is 33.4 Å². The van der Waals surface area contributed by atoms with Crippen LogP contribution in [0.4, 0.5) is 5.69 Å². The van der Waals surface area contributed by atoms with E-state index in [0.717, 1.165) is 15.9 Å². The fourth-order valence-corrected chi connectivity index (χ4v) is 4.80. The molecule has 4 aromatic rings. The number of carbonyl (C=O) groups excluding carboxylic acids is 2. The van der Waals surface area contributed by atoms with E-state index in [1.54, 1.807) is 37.3 Å². The molecule has 54 heavy (non-hydrogen) atoms. The maximum absolute atomic E-state index is 14.2. The number of hydrogen-bond donors (Lipinski definition) is 2. The minimum atomic E-state index is -1.56. The van der Waals surface area contributed by atoms with Crippen molar-refractivity contribution < 1.29 is 24.2 Å². The molecule has 9 heteroatoms. The molecule has 0 saturated carbocycles. The lowest BCUT2D eigenvalue weighted by molar-refractivity contribution is -0.118.